The zero-order valence-electron chi connectivity index (χ0n) is 19.4. The summed E-state index contributed by atoms with van der Waals surface area (Å²) in [5, 5.41) is 7.05. The second kappa shape index (κ2) is 14.3. The number of nitrogens with zero attached hydrogens (tertiary/aromatic N) is 2. The standard InChI is InChI=1S/C25H36N4O2.HI/c1-20-17-23(13-14-29(20)19-22-7-5-4-6-8-22)28-25(26-2)27-18-21-9-11-24(12-10-21)31-16-15-30-3;/h4-12,20,23H,13-19H2,1-3H3,(H2,26,27,28);1H. The molecule has 0 aliphatic carbocycles. The van der Waals surface area contributed by atoms with Crippen LogP contribution in [-0.4, -0.2) is 56.9 Å². The predicted molar refractivity (Wildman–Crippen MR) is 142 cm³/mol. The Morgan fingerprint density at radius 2 is 1.81 bits per heavy atom. The highest BCUT2D eigenvalue weighted by Gasteiger charge is 2.25. The first-order valence-corrected chi connectivity index (χ1v) is 11.1. The van der Waals surface area contributed by atoms with Gasteiger partial charge in [-0.05, 0) is 43.0 Å². The number of piperidine rings is 1. The summed E-state index contributed by atoms with van der Waals surface area (Å²) in [4.78, 5) is 6.99. The van der Waals surface area contributed by atoms with Gasteiger partial charge in [0.25, 0.3) is 0 Å². The monoisotopic (exact) mass is 552 g/mol. The molecule has 2 unspecified atom stereocenters. The van der Waals surface area contributed by atoms with Gasteiger partial charge in [-0.3, -0.25) is 9.89 Å². The van der Waals surface area contributed by atoms with Crippen LogP contribution in [0.25, 0.3) is 0 Å². The smallest absolute Gasteiger partial charge is 0.191 e. The lowest BCUT2D eigenvalue weighted by Gasteiger charge is -2.38. The molecule has 0 radical (unpaired) electrons. The summed E-state index contributed by atoms with van der Waals surface area (Å²) < 4.78 is 10.6. The molecule has 3 rings (SSSR count). The number of methoxy groups -OCH3 is 1. The quantitative estimate of drug-likeness (QED) is 0.213. The van der Waals surface area contributed by atoms with Gasteiger partial charge in [-0.1, -0.05) is 42.5 Å². The Bertz CT molecular complexity index is 801. The van der Waals surface area contributed by atoms with Gasteiger partial charge in [0.2, 0.25) is 0 Å². The summed E-state index contributed by atoms with van der Waals surface area (Å²) in [5.74, 6) is 1.72. The minimum Gasteiger partial charge on any atom is -0.491 e. The molecule has 1 aliphatic rings. The third kappa shape index (κ3) is 8.60. The number of hydrogen-bond acceptors (Lipinski definition) is 4. The van der Waals surface area contributed by atoms with Crippen molar-refractivity contribution in [1.29, 1.82) is 0 Å². The highest BCUT2D eigenvalue weighted by atomic mass is 127. The van der Waals surface area contributed by atoms with E-state index in [9.17, 15) is 0 Å². The summed E-state index contributed by atoms with van der Waals surface area (Å²) in [6, 6.07) is 19.8. The molecule has 2 aromatic rings. The second-order valence-electron chi connectivity index (χ2n) is 8.08. The molecule has 176 valence electrons. The molecule has 2 N–H and O–H groups in total. The molecule has 1 fully saturated rings. The molecule has 7 heteroatoms. The first-order chi connectivity index (χ1) is 15.2. The van der Waals surface area contributed by atoms with E-state index in [4.69, 9.17) is 9.47 Å². The molecule has 6 nitrogen and oxygen atoms in total. The van der Waals surface area contributed by atoms with Crippen LogP contribution in [-0.2, 0) is 17.8 Å². The number of hydrogen-bond donors (Lipinski definition) is 2. The molecule has 2 aromatic carbocycles. The van der Waals surface area contributed by atoms with Gasteiger partial charge in [-0.2, -0.15) is 0 Å². The summed E-state index contributed by atoms with van der Waals surface area (Å²) >= 11 is 0. The van der Waals surface area contributed by atoms with Crippen molar-refractivity contribution >= 4 is 29.9 Å². The van der Waals surface area contributed by atoms with E-state index in [1.54, 1.807) is 7.11 Å². The van der Waals surface area contributed by atoms with Crippen molar-refractivity contribution in [3.05, 3.63) is 65.7 Å². The maximum atomic E-state index is 5.62. The number of ether oxygens (including phenoxy) is 2. The number of likely N-dealkylation sites (tertiary alicyclic amines) is 1. The second-order valence-corrected chi connectivity index (χ2v) is 8.08. The normalized spacial score (nSPS) is 19.2. The number of aliphatic imine (C=N–C) groups is 1. The lowest BCUT2D eigenvalue weighted by atomic mass is 9.97. The van der Waals surface area contributed by atoms with Gasteiger partial charge in [0, 0.05) is 45.9 Å². The van der Waals surface area contributed by atoms with Gasteiger partial charge in [0.1, 0.15) is 12.4 Å². The largest absolute Gasteiger partial charge is 0.491 e. The summed E-state index contributed by atoms with van der Waals surface area (Å²) in [7, 11) is 3.50. The first kappa shape index (κ1) is 26.4. The number of benzene rings is 2. The van der Waals surface area contributed by atoms with Crippen LogP contribution in [0, 0.1) is 0 Å². The lowest BCUT2D eigenvalue weighted by molar-refractivity contribution is 0.134. The molecule has 0 aromatic heterocycles. The van der Waals surface area contributed by atoms with Crippen LogP contribution in [0.3, 0.4) is 0 Å². The van der Waals surface area contributed by atoms with E-state index >= 15 is 0 Å². The molecule has 0 saturated carbocycles. The van der Waals surface area contributed by atoms with Crippen LogP contribution >= 0.6 is 24.0 Å². The summed E-state index contributed by atoms with van der Waals surface area (Å²) in [6.07, 6.45) is 2.23. The van der Waals surface area contributed by atoms with Gasteiger partial charge < -0.3 is 20.1 Å². The molecular formula is C25H37IN4O2. The average Bonchev–Trinajstić information content (AvgIpc) is 2.80. The number of guanidine groups is 1. The van der Waals surface area contributed by atoms with E-state index in [0.717, 1.165) is 44.2 Å². The van der Waals surface area contributed by atoms with Crippen molar-refractivity contribution in [3.8, 4) is 5.75 Å². The van der Waals surface area contributed by atoms with Gasteiger partial charge in [-0.25, -0.2) is 0 Å². The Morgan fingerprint density at radius 1 is 1.06 bits per heavy atom. The first-order valence-electron chi connectivity index (χ1n) is 11.1. The van der Waals surface area contributed by atoms with Crippen molar-refractivity contribution in [2.24, 2.45) is 4.99 Å². The fourth-order valence-corrected chi connectivity index (χ4v) is 3.92. The number of halogens is 1. The number of rotatable bonds is 9. The van der Waals surface area contributed by atoms with E-state index in [-0.39, 0.29) is 24.0 Å². The average molecular weight is 553 g/mol. The highest BCUT2D eigenvalue weighted by molar-refractivity contribution is 14.0. The van der Waals surface area contributed by atoms with Crippen LogP contribution in [0.5, 0.6) is 5.75 Å². The van der Waals surface area contributed by atoms with Gasteiger partial charge >= 0.3 is 0 Å². The minimum atomic E-state index is 0. The van der Waals surface area contributed by atoms with Crippen LogP contribution in [0.4, 0.5) is 0 Å². The van der Waals surface area contributed by atoms with Crippen molar-refractivity contribution in [3.63, 3.8) is 0 Å². The zero-order chi connectivity index (χ0) is 21.9. The molecule has 0 bridgehead atoms. The number of nitrogens with one attached hydrogen (secondary N) is 2. The fourth-order valence-electron chi connectivity index (χ4n) is 3.92. The maximum Gasteiger partial charge on any atom is 0.191 e. The van der Waals surface area contributed by atoms with Crippen molar-refractivity contribution in [2.75, 3.05) is 33.9 Å². The van der Waals surface area contributed by atoms with Crippen molar-refractivity contribution in [1.82, 2.24) is 15.5 Å². The molecule has 32 heavy (non-hydrogen) atoms. The van der Waals surface area contributed by atoms with Crippen LogP contribution in [0.1, 0.15) is 30.9 Å². The third-order valence-electron chi connectivity index (χ3n) is 5.75. The zero-order valence-corrected chi connectivity index (χ0v) is 21.8. The molecular weight excluding hydrogens is 515 g/mol. The molecule has 0 amide bonds. The topological polar surface area (TPSA) is 58.1 Å². The Kier molecular flexibility index (Phi) is 11.8. The lowest BCUT2D eigenvalue weighted by Crippen LogP contribution is -2.51. The summed E-state index contributed by atoms with van der Waals surface area (Å²) in [6.45, 7) is 6.31. The highest BCUT2D eigenvalue weighted by Crippen LogP contribution is 2.20. The molecule has 0 spiro atoms. The van der Waals surface area contributed by atoms with E-state index in [1.165, 1.54) is 11.1 Å². The molecule has 1 heterocycles. The Labute approximate surface area is 209 Å². The molecule has 1 saturated heterocycles. The van der Waals surface area contributed by atoms with Gasteiger partial charge in [0.15, 0.2) is 5.96 Å². The maximum absolute atomic E-state index is 5.62. The summed E-state index contributed by atoms with van der Waals surface area (Å²) in [5.41, 5.74) is 2.57. The van der Waals surface area contributed by atoms with Gasteiger partial charge in [-0.15, -0.1) is 24.0 Å². The van der Waals surface area contributed by atoms with Crippen LogP contribution < -0.4 is 15.4 Å². The fraction of sp³-hybridized carbons (Fsp3) is 0.480. The van der Waals surface area contributed by atoms with Crippen LogP contribution in [0.15, 0.2) is 59.6 Å². The van der Waals surface area contributed by atoms with E-state index in [0.29, 0.717) is 25.3 Å². The Hall–Kier alpha value is -1.84. The molecule has 1 aliphatic heterocycles. The minimum absolute atomic E-state index is 0. The van der Waals surface area contributed by atoms with Gasteiger partial charge in [0.05, 0.1) is 6.61 Å². The Morgan fingerprint density at radius 3 is 2.47 bits per heavy atom. The molecule has 2 atom stereocenters. The Balaban J connectivity index is 0.00000363. The van der Waals surface area contributed by atoms with E-state index in [2.05, 4.69) is 69.9 Å². The SMILES string of the molecule is CN=C(NCc1ccc(OCCOC)cc1)NC1CCN(Cc2ccccc2)C(C)C1.I. The van der Waals surface area contributed by atoms with Crippen LogP contribution in [0.2, 0.25) is 0 Å². The van der Waals surface area contributed by atoms with Crippen molar-refractivity contribution < 1.29 is 9.47 Å². The van der Waals surface area contributed by atoms with Crippen molar-refractivity contribution in [2.45, 2.75) is 44.9 Å². The van der Waals surface area contributed by atoms with E-state index in [1.807, 2.05) is 19.2 Å². The van der Waals surface area contributed by atoms with E-state index < -0.39 is 0 Å². The predicted octanol–water partition coefficient (Wildman–Crippen LogP) is 4.05. The third-order valence-corrected chi connectivity index (χ3v) is 5.75.